The number of aliphatic carboxylic acids is 1. The summed E-state index contributed by atoms with van der Waals surface area (Å²) in [4.78, 5) is 24.6. The molecule has 7 atom stereocenters. The number of carbonyl (C=O) groups is 2. The standard InChI is InChI=1S/C28H34O5/c1-27-14-13-22-19(21(27)11-12-23(27)25(29)30)10-9-17-15-20(26(31)32-3)24(16-28(17,22)2)33-18-7-5-4-6-8-18/h4-9,15,19,21-24H,10-14,16H2,1-3H3,(H,29,30)/t19-,21-,22-,23+,24+,27-,28-/m0/s1. The van der Waals surface area contributed by atoms with Gasteiger partial charge in [-0.15, -0.1) is 0 Å². The van der Waals surface area contributed by atoms with Gasteiger partial charge in [0.15, 0.2) is 0 Å². The Labute approximate surface area is 195 Å². The third-order valence-electron chi connectivity index (χ3n) is 9.53. The summed E-state index contributed by atoms with van der Waals surface area (Å²) in [5.74, 6) is 0.929. The Kier molecular flexibility index (Phi) is 5.42. The number of para-hydroxylation sites is 1. The maximum atomic E-state index is 12.7. The molecule has 0 radical (unpaired) electrons. The number of rotatable bonds is 4. The monoisotopic (exact) mass is 450 g/mol. The number of carboxylic acids is 1. The number of benzene rings is 1. The number of hydrogen-bond donors (Lipinski definition) is 1. The van der Waals surface area contributed by atoms with E-state index in [9.17, 15) is 14.7 Å². The highest BCUT2D eigenvalue weighted by Crippen LogP contribution is 2.66. The van der Waals surface area contributed by atoms with Gasteiger partial charge >= 0.3 is 11.9 Å². The number of fused-ring (bicyclic) bond motifs is 5. The molecule has 0 aliphatic heterocycles. The molecular formula is C28H34O5. The second-order valence-corrected chi connectivity index (χ2v) is 10.9. The molecular weight excluding hydrogens is 416 g/mol. The van der Waals surface area contributed by atoms with Gasteiger partial charge in [0, 0.05) is 0 Å². The summed E-state index contributed by atoms with van der Waals surface area (Å²) in [6.45, 7) is 4.55. The van der Waals surface area contributed by atoms with Crippen LogP contribution in [0.25, 0.3) is 0 Å². The molecule has 2 fully saturated rings. The van der Waals surface area contributed by atoms with Crippen LogP contribution in [0.5, 0.6) is 5.75 Å². The molecule has 4 aliphatic carbocycles. The molecule has 5 rings (SSSR count). The third-order valence-corrected chi connectivity index (χ3v) is 9.53. The average Bonchev–Trinajstić information content (AvgIpc) is 3.16. The minimum absolute atomic E-state index is 0.109. The van der Waals surface area contributed by atoms with Gasteiger partial charge in [-0.25, -0.2) is 4.79 Å². The highest BCUT2D eigenvalue weighted by molar-refractivity contribution is 5.90. The van der Waals surface area contributed by atoms with Crippen LogP contribution in [0.1, 0.15) is 52.4 Å². The maximum absolute atomic E-state index is 12.7. The van der Waals surface area contributed by atoms with Crippen molar-refractivity contribution in [3.05, 3.63) is 53.6 Å². The fourth-order valence-electron chi connectivity index (χ4n) is 7.85. The van der Waals surface area contributed by atoms with Crippen LogP contribution in [0.2, 0.25) is 0 Å². The van der Waals surface area contributed by atoms with Gasteiger partial charge in [0.2, 0.25) is 0 Å². The first-order valence-electron chi connectivity index (χ1n) is 12.2. The van der Waals surface area contributed by atoms with Gasteiger partial charge in [-0.2, -0.15) is 0 Å². The average molecular weight is 451 g/mol. The summed E-state index contributed by atoms with van der Waals surface area (Å²) < 4.78 is 11.5. The minimum Gasteiger partial charge on any atom is -0.485 e. The molecule has 4 aliphatic rings. The Balaban J connectivity index is 1.49. The van der Waals surface area contributed by atoms with E-state index in [2.05, 4.69) is 19.9 Å². The second-order valence-electron chi connectivity index (χ2n) is 10.9. The molecule has 1 aromatic rings. The molecule has 176 valence electrons. The molecule has 0 saturated heterocycles. The Morgan fingerprint density at radius 1 is 1.06 bits per heavy atom. The van der Waals surface area contributed by atoms with Crippen LogP contribution in [-0.4, -0.2) is 30.3 Å². The van der Waals surface area contributed by atoms with Crippen molar-refractivity contribution in [1.82, 2.24) is 0 Å². The van der Waals surface area contributed by atoms with Crippen LogP contribution >= 0.6 is 0 Å². The molecule has 0 amide bonds. The van der Waals surface area contributed by atoms with Crippen LogP contribution in [0.4, 0.5) is 0 Å². The van der Waals surface area contributed by atoms with Gasteiger partial charge in [0.05, 0.1) is 18.6 Å². The van der Waals surface area contributed by atoms with Crippen molar-refractivity contribution in [3.63, 3.8) is 0 Å². The first-order valence-corrected chi connectivity index (χ1v) is 12.2. The lowest BCUT2D eigenvalue weighted by atomic mass is 9.47. The van der Waals surface area contributed by atoms with Gasteiger partial charge in [-0.3, -0.25) is 4.79 Å². The predicted molar refractivity (Wildman–Crippen MR) is 125 cm³/mol. The zero-order valence-corrected chi connectivity index (χ0v) is 19.8. The number of allylic oxidation sites excluding steroid dienone is 3. The summed E-state index contributed by atoms with van der Waals surface area (Å²) in [5, 5.41) is 9.85. The van der Waals surface area contributed by atoms with Crippen molar-refractivity contribution in [2.75, 3.05) is 7.11 Å². The zero-order valence-electron chi connectivity index (χ0n) is 19.8. The van der Waals surface area contributed by atoms with Gasteiger partial charge < -0.3 is 14.6 Å². The summed E-state index contributed by atoms with van der Waals surface area (Å²) in [6.07, 6.45) is 9.40. The number of esters is 1. The number of carboxylic acid groups (broad SMARTS) is 1. The minimum atomic E-state index is -0.628. The summed E-state index contributed by atoms with van der Waals surface area (Å²) in [7, 11) is 1.42. The van der Waals surface area contributed by atoms with E-state index in [4.69, 9.17) is 9.47 Å². The van der Waals surface area contributed by atoms with E-state index in [1.165, 1.54) is 12.7 Å². The van der Waals surface area contributed by atoms with Crippen molar-refractivity contribution >= 4 is 11.9 Å². The van der Waals surface area contributed by atoms with Gasteiger partial charge in [-0.1, -0.05) is 38.1 Å². The fraction of sp³-hybridized carbons (Fsp3) is 0.571. The molecule has 1 N–H and O–H groups in total. The lowest BCUT2D eigenvalue weighted by Crippen LogP contribution is -2.52. The van der Waals surface area contributed by atoms with Gasteiger partial charge in [0.1, 0.15) is 11.9 Å². The second kappa shape index (κ2) is 8.03. The molecule has 0 aromatic heterocycles. The number of carbonyl (C=O) groups excluding carboxylic acids is 1. The van der Waals surface area contributed by atoms with Crippen LogP contribution in [0.15, 0.2) is 53.6 Å². The number of ether oxygens (including phenoxy) is 2. The molecule has 0 unspecified atom stereocenters. The molecule has 5 nitrogen and oxygen atoms in total. The Bertz CT molecular complexity index is 1010. The maximum Gasteiger partial charge on any atom is 0.337 e. The summed E-state index contributed by atoms with van der Waals surface area (Å²) in [5.41, 5.74) is 1.57. The van der Waals surface area contributed by atoms with Crippen molar-refractivity contribution in [3.8, 4) is 5.75 Å². The van der Waals surface area contributed by atoms with E-state index in [1.807, 2.05) is 36.4 Å². The first-order chi connectivity index (χ1) is 15.8. The lowest BCUT2D eigenvalue weighted by molar-refractivity contribution is -0.148. The molecule has 0 heterocycles. The van der Waals surface area contributed by atoms with Crippen LogP contribution in [0.3, 0.4) is 0 Å². The molecule has 0 bridgehead atoms. The summed E-state index contributed by atoms with van der Waals surface area (Å²) in [6, 6.07) is 9.66. The number of methoxy groups -OCH3 is 1. The first kappa shape index (κ1) is 22.2. The van der Waals surface area contributed by atoms with E-state index in [1.54, 1.807) is 0 Å². The highest BCUT2D eigenvalue weighted by atomic mass is 16.5. The van der Waals surface area contributed by atoms with Crippen LogP contribution < -0.4 is 4.74 Å². The smallest absolute Gasteiger partial charge is 0.337 e. The molecule has 0 spiro atoms. The van der Waals surface area contributed by atoms with E-state index in [0.717, 1.165) is 44.3 Å². The van der Waals surface area contributed by atoms with Crippen molar-refractivity contribution in [1.29, 1.82) is 0 Å². The Hall–Kier alpha value is -2.56. The lowest BCUT2D eigenvalue weighted by Gasteiger charge is -2.57. The number of hydrogen-bond acceptors (Lipinski definition) is 4. The van der Waals surface area contributed by atoms with E-state index in [-0.39, 0.29) is 28.8 Å². The highest BCUT2D eigenvalue weighted by Gasteiger charge is 2.60. The van der Waals surface area contributed by atoms with Crippen LogP contribution in [0, 0.1) is 34.5 Å². The topological polar surface area (TPSA) is 72.8 Å². The van der Waals surface area contributed by atoms with Crippen molar-refractivity contribution in [2.24, 2.45) is 34.5 Å². The van der Waals surface area contributed by atoms with E-state index in [0.29, 0.717) is 23.3 Å². The molecule has 2 saturated carbocycles. The SMILES string of the molecule is COC(=O)C1=CC2=CC[C@H]3[C@@H]4CC[C@H](C(=O)O)[C@@]4(C)CC[C@@H]3[C@@]2(C)C[C@H]1Oc1ccccc1. The quantitative estimate of drug-likeness (QED) is 0.621. The van der Waals surface area contributed by atoms with Gasteiger partial charge in [-0.05, 0) is 90.9 Å². The van der Waals surface area contributed by atoms with Crippen LogP contribution in [-0.2, 0) is 14.3 Å². The molecule has 33 heavy (non-hydrogen) atoms. The molecule has 1 aromatic carbocycles. The third kappa shape index (κ3) is 3.43. The van der Waals surface area contributed by atoms with E-state index < -0.39 is 5.97 Å². The molecule has 5 heteroatoms. The van der Waals surface area contributed by atoms with Crippen molar-refractivity contribution < 1.29 is 24.2 Å². The van der Waals surface area contributed by atoms with Gasteiger partial charge in [0.25, 0.3) is 0 Å². The van der Waals surface area contributed by atoms with Crippen molar-refractivity contribution in [2.45, 2.75) is 58.5 Å². The summed E-state index contributed by atoms with van der Waals surface area (Å²) >= 11 is 0. The largest absolute Gasteiger partial charge is 0.485 e. The van der Waals surface area contributed by atoms with E-state index >= 15 is 0 Å². The Morgan fingerprint density at radius 2 is 1.82 bits per heavy atom. The Morgan fingerprint density at radius 3 is 2.52 bits per heavy atom. The predicted octanol–water partition coefficient (Wildman–Crippen LogP) is 5.42. The normalized spacial score (nSPS) is 39.3. The fourth-order valence-corrected chi connectivity index (χ4v) is 7.85. The zero-order chi connectivity index (χ0) is 23.4.